The molecule has 108 valence electrons. The second-order valence-corrected chi connectivity index (χ2v) is 5.83. The third kappa shape index (κ3) is 2.80. The maximum atomic E-state index is 12.7. The minimum Gasteiger partial charge on any atom is -0.491 e. The third-order valence-corrected chi connectivity index (χ3v) is 4.39. The van der Waals surface area contributed by atoms with Crippen LogP contribution < -0.4 is 10.5 Å². The maximum absolute atomic E-state index is 12.7. The monoisotopic (exact) mass is 274 g/mol. The highest BCUT2D eigenvalue weighted by Crippen LogP contribution is 2.28. The summed E-state index contributed by atoms with van der Waals surface area (Å²) < 4.78 is 5.72. The van der Waals surface area contributed by atoms with Crippen LogP contribution in [0.3, 0.4) is 0 Å². The topological polar surface area (TPSA) is 55.6 Å². The Bertz CT molecular complexity index is 481. The van der Waals surface area contributed by atoms with Crippen molar-refractivity contribution < 1.29 is 9.53 Å². The number of hydrogen-bond donors (Lipinski definition) is 1. The van der Waals surface area contributed by atoms with Crippen molar-refractivity contribution in [3.05, 3.63) is 29.8 Å². The molecule has 3 rings (SSSR count). The first-order chi connectivity index (χ1) is 9.74. The van der Waals surface area contributed by atoms with Gasteiger partial charge in [0.05, 0.1) is 6.54 Å². The molecule has 1 amide bonds. The molecular formula is C16H22N2O2. The molecule has 0 unspecified atom stereocenters. The molecule has 20 heavy (non-hydrogen) atoms. The minimum atomic E-state index is 0.153. The van der Waals surface area contributed by atoms with E-state index in [1.54, 1.807) is 0 Å². The molecule has 2 N–H and O–H groups in total. The minimum absolute atomic E-state index is 0.153. The van der Waals surface area contributed by atoms with Crippen molar-refractivity contribution >= 4 is 5.91 Å². The summed E-state index contributed by atoms with van der Waals surface area (Å²) in [7, 11) is 0. The first-order valence-corrected chi connectivity index (χ1v) is 7.49. The van der Waals surface area contributed by atoms with Crippen LogP contribution in [0.5, 0.6) is 5.75 Å². The fourth-order valence-corrected chi connectivity index (χ4v) is 3.14. The van der Waals surface area contributed by atoms with Crippen molar-refractivity contribution in [3.63, 3.8) is 0 Å². The van der Waals surface area contributed by atoms with Crippen LogP contribution in [0.4, 0.5) is 0 Å². The van der Waals surface area contributed by atoms with Crippen LogP contribution in [0, 0.1) is 5.92 Å². The average molecular weight is 274 g/mol. The molecule has 1 aromatic carbocycles. The highest BCUT2D eigenvalue weighted by Gasteiger charge is 2.29. The summed E-state index contributed by atoms with van der Waals surface area (Å²) in [5.41, 5.74) is 7.02. The van der Waals surface area contributed by atoms with Gasteiger partial charge < -0.3 is 15.4 Å². The van der Waals surface area contributed by atoms with Crippen LogP contribution in [-0.2, 0) is 11.3 Å². The smallest absolute Gasteiger partial charge is 0.226 e. The molecule has 4 heteroatoms. The predicted octanol–water partition coefficient (Wildman–Crippen LogP) is 1.93. The Morgan fingerprint density at radius 3 is 2.75 bits per heavy atom. The number of para-hydroxylation sites is 1. The SMILES string of the molecule is NC1CCC(C(=O)N2CCOc3ccccc3C2)CC1. The third-order valence-electron chi connectivity index (χ3n) is 4.39. The van der Waals surface area contributed by atoms with Gasteiger partial charge in [-0.05, 0) is 31.7 Å². The summed E-state index contributed by atoms with van der Waals surface area (Å²) in [5.74, 6) is 1.34. The molecular weight excluding hydrogens is 252 g/mol. The normalized spacial score (nSPS) is 26.4. The number of carbonyl (C=O) groups is 1. The summed E-state index contributed by atoms with van der Waals surface area (Å²) in [6.45, 7) is 1.92. The summed E-state index contributed by atoms with van der Waals surface area (Å²) in [4.78, 5) is 14.6. The molecule has 4 nitrogen and oxygen atoms in total. The maximum Gasteiger partial charge on any atom is 0.226 e. The second kappa shape index (κ2) is 5.83. The molecule has 0 spiro atoms. The van der Waals surface area contributed by atoms with Crippen LogP contribution in [0.1, 0.15) is 31.2 Å². The molecule has 0 atom stereocenters. The lowest BCUT2D eigenvalue weighted by Crippen LogP contribution is -2.40. The Balaban J connectivity index is 1.69. The van der Waals surface area contributed by atoms with Crippen LogP contribution >= 0.6 is 0 Å². The molecule has 1 aliphatic carbocycles. The Morgan fingerprint density at radius 2 is 1.95 bits per heavy atom. The zero-order valence-electron chi connectivity index (χ0n) is 11.8. The van der Waals surface area contributed by atoms with E-state index in [9.17, 15) is 4.79 Å². The van der Waals surface area contributed by atoms with Gasteiger partial charge in [0, 0.05) is 24.1 Å². The molecule has 1 aliphatic heterocycles. The van der Waals surface area contributed by atoms with E-state index in [1.165, 1.54) is 0 Å². The van der Waals surface area contributed by atoms with Crippen molar-refractivity contribution in [2.45, 2.75) is 38.3 Å². The van der Waals surface area contributed by atoms with E-state index >= 15 is 0 Å². The van der Waals surface area contributed by atoms with E-state index in [4.69, 9.17) is 10.5 Å². The first-order valence-electron chi connectivity index (χ1n) is 7.49. The number of hydrogen-bond acceptors (Lipinski definition) is 3. The lowest BCUT2D eigenvalue weighted by atomic mass is 9.85. The van der Waals surface area contributed by atoms with Crippen LogP contribution in [0.25, 0.3) is 0 Å². The van der Waals surface area contributed by atoms with Gasteiger partial charge in [0.2, 0.25) is 5.91 Å². The summed E-state index contributed by atoms with van der Waals surface area (Å²) in [5, 5.41) is 0. The fraction of sp³-hybridized carbons (Fsp3) is 0.562. The van der Waals surface area contributed by atoms with Gasteiger partial charge in [0.1, 0.15) is 12.4 Å². The van der Waals surface area contributed by atoms with Gasteiger partial charge in [-0.25, -0.2) is 0 Å². The van der Waals surface area contributed by atoms with Crippen LogP contribution in [-0.4, -0.2) is 30.0 Å². The summed E-state index contributed by atoms with van der Waals surface area (Å²) in [6, 6.07) is 8.27. The van der Waals surface area contributed by atoms with Crippen molar-refractivity contribution in [1.29, 1.82) is 0 Å². The van der Waals surface area contributed by atoms with E-state index < -0.39 is 0 Å². The molecule has 2 aliphatic rings. The Kier molecular flexibility index (Phi) is 3.92. The van der Waals surface area contributed by atoms with Gasteiger partial charge in [-0.3, -0.25) is 4.79 Å². The van der Waals surface area contributed by atoms with E-state index in [1.807, 2.05) is 29.2 Å². The number of nitrogens with two attached hydrogens (primary N) is 1. The average Bonchev–Trinajstić information content (AvgIpc) is 2.69. The van der Waals surface area contributed by atoms with Crippen molar-refractivity contribution in [2.75, 3.05) is 13.2 Å². The highest BCUT2D eigenvalue weighted by molar-refractivity contribution is 5.79. The number of fused-ring (bicyclic) bond motifs is 1. The highest BCUT2D eigenvalue weighted by atomic mass is 16.5. The first kappa shape index (κ1) is 13.4. The second-order valence-electron chi connectivity index (χ2n) is 5.83. The van der Waals surface area contributed by atoms with Gasteiger partial charge >= 0.3 is 0 Å². The van der Waals surface area contributed by atoms with Gasteiger partial charge in [-0.2, -0.15) is 0 Å². The Labute approximate surface area is 119 Å². The zero-order chi connectivity index (χ0) is 13.9. The molecule has 1 fully saturated rings. The Hall–Kier alpha value is -1.55. The van der Waals surface area contributed by atoms with Crippen molar-refractivity contribution in [3.8, 4) is 5.75 Å². The molecule has 0 radical (unpaired) electrons. The van der Waals surface area contributed by atoms with Crippen LogP contribution in [0.2, 0.25) is 0 Å². The molecule has 0 aromatic heterocycles. The predicted molar refractivity (Wildman–Crippen MR) is 77.3 cm³/mol. The quantitative estimate of drug-likeness (QED) is 0.851. The van der Waals surface area contributed by atoms with Gasteiger partial charge in [-0.15, -0.1) is 0 Å². The standard InChI is InChI=1S/C16H22N2O2/c17-14-7-5-12(6-8-14)16(19)18-9-10-20-15-4-2-1-3-13(15)11-18/h1-4,12,14H,5-11,17H2. The van der Waals surface area contributed by atoms with E-state index in [-0.39, 0.29) is 17.9 Å². The van der Waals surface area contributed by atoms with E-state index in [0.29, 0.717) is 19.7 Å². The number of ether oxygens (including phenoxy) is 1. The zero-order valence-corrected chi connectivity index (χ0v) is 11.8. The number of amides is 1. The van der Waals surface area contributed by atoms with E-state index in [0.717, 1.165) is 37.0 Å². The fourth-order valence-electron chi connectivity index (χ4n) is 3.14. The summed E-state index contributed by atoms with van der Waals surface area (Å²) in [6.07, 6.45) is 3.80. The molecule has 0 bridgehead atoms. The number of benzene rings is 1. The molecule has 1 heterocycles. The largest absolute Gasteiger partial charge is 0.491 e. The van der Waals surface area contributed by atoms with E-state index in [2.05, 4.69) is 0 Å². The van der Waals surface area contributed by atoms with Gasteiger partial charge in [-0.1, -0.05) is 18.2 Å². The lowest BCUT2D eigenvalue weighted by molar-refractivity contribution is -0.137. The molecule has 1 aromatic rings. The van der Waals surface area contributed by atoms with Crippen molar-refractivity contribution in [1.82, 2.24) is 4.90 Å². The van der Waals surface area contributed by atoms with Crippen molar-refractivity contribution in [2.24, 2.45) is 11.7 Å². The lowest BCUT2D eigenvalue weighted by Gasteiger charge is -2.30. The molecule has 0 saturated heterocycles. The Morgan fingerprint density at radius 1 is 1.20 bits per heavy atom. The molecule has 1 saturated carbocycles. The number of rotatable bonds is 1. The summed E-state index contributed by atoms with van der Waals surface area (Å²) >= 11 is 0. The van der Waals surface area contributed by atoms with Crippen LogP contribution in [0.15, 0.2) is 24.3 Å². The van der Waals surface area contributed by atoms with Gasteiger partial charge in [0.25, 0.3) is 0 Å². The number of carbonyl (C=O) groups excluding carboxylic acids is 1. The number of nitrogens with zero attached hydrogens (tertiary/aromatic N) is 1. The van der Waals surface area contributed by atoms with Gasteiger partial charge in [0.15, 0.2) is 0 Å².